The summed E-state index contributed by atoms with van der Waals surface area (Å²) in [5.41, 5.74) is -0.161. The van der Waals surface area contributed by atoms with Gasteiger partial charge in [0.1, 0.15) is 16.6 Å². The first-order valence-electron chi connectivity index (χ1n) is 9.52. The van der Waals surface area contributed by atoms with Crippen LogP contribution < -0.4 is 10.6 Å². The van der Waals surface area contributed by atoms with Gasteiger partial charge in [-0.15, -0.1) is 0 Å². The Morgan fingerprint density at radius 3 is 1.93 bits per heavy atom. The number of piperidine rings is 2. The summed E-state index contributed by atoms with van der Waals surface area (Å²) in [5.74, 6) is -0.369. The Hall–Kier alpha value is -1.64. The van der Waals surface area contributed by atoms with E-state index in [2.05, 4.69) is 20.6 Å². The van der Waals surface area contributed by atoms with Gasteiger partial charge in [0.2, 0.25) is 0 Å². The average molecular weight is 409 g/mol. The molecule has 2 aliphatic rings. The highest BCUT2D eigenvalue weighted by Gasteiger charge is 2.32. The van der Waals surface area contributed by atoms with Gasteiger partial charge >= 0.3 is 0 Å². The highest BCUT2D eigenvalue weighted by molar-refractivity contribution is 6.29. The second-order valence-electron chi connectivity index (χ2n) is 7.29. The lowest BCUT2D eigenvalue weighted by Gasteiger charge is -2.32. The maximum atomic E-state index is 12.6. The van der Waals surface area contributed by atoms with Crippen LogP contribution in [0.25, 0.3) is 0 Å². The molecule has 2 aliphatic heterocycles. The van der Waals surface area contributed by atoms with E-state index in [1.807, 2.05) is 6.07 Å². The molecule has 152 valence electrons. The summed E-state index contributed by atoms with van der Waals surface area (Å²) in [7, 11) is 0. The predicted octanol–water partition coefficient (Wildman–Crippen LogP) is 2.10. The first kappa shape index (κ1) is 21.1. The van der Waals surface area contributed by atoms with Gasteiger partial charge in [0.05, 0.1) is 17.5 Å². The van der Waals surface area contributed by atoms with E-state index in [0.29, 0.717) is 23.7 Å². The second kappa shape index (κ2) is 9.24. The largest absolute Gasteiger partial charge is 0.385 e. The fourth-order valence-electron chi connectivity index (χ4n) is 3.53. The Morgan fingerprint density at radius 1 is 0.821 bits per heavy atom. The van der Waals surface area contributed by atoms with Gasteiger partial charge in [-0.2, -0.15) is 0 Å². The van der Waals surface area contributed by atoms with Crippen molar-refractivity contribution in [1.82, 2.24) is 20.6 Å². The van der Waals surface area contributed by atoms with Gasteiger partial charge in [0.15, 0.2) is 0 Å². The standard InChI is InChI=1S/C10H13ClN2O.C10H13FN2O/c11-9-2-1-8(7-13-9)10(14)3-5-12-6-4-10;11-8-1-2-9(13-7-8)10(14)3-5-12-6-4-10/h2*1-2,7,12,14H,3-6H2. The van der Waals surface area contributed by atoms with Crippen LogP contribution in [0.5, 0.6) is 0 Å². The molecule has 0 saturated carbocycles. The zero-order valence-electron chi connectivity index (χ0n) is 15.7. The molecule has 0 aromatic carbocycles. The molecule has 28 heavy (non-hydrogen) atoms. The van der Waals surface area contributed by atoms with Gasteiger partial charge in [0, 0.05) is 11.8 Å². The van der Waals surface area contributed by atoms with Crippen LogP contribution in [0.3, 0.4) is 0 Å². The predicted molar refractivity (Wildman–Crippen MR) is 105 cm³/mol. The van der Waals surface area contributed by atoms with Crippen molar-refractivity contribution >= 4 is 11.6 Å². The Kier molecular flexibility index (Phi) is 6.95. The van der Waals surface area contributed by atoms with Crippen LogP contribution in [-0.4, -0.2) is 46.4 Å². The van der Waals surface area contributed by atoms with Crippen molar-refractivity contribution in [2.45, 2.75) is 36.9 Å². The molecule has 0 atom stereocenters. The van der Waals surface area contributed by atoms with E-state index in [4.69, 9.17) is 11.6 Å². The normalized spacial score (nSPS) is 20.7. The SMILES string of the molecule is OC1(c2ccc(Cl)nc2)CCNCC1.OC1(c2ccc(F)cn2)CCNCC1. The van der Waals surface area contributed by atoms with Crippen LogP contribution in [0.4, 0.5) is 4.39 Å². The number of aromatic nitrogens is 2. The third-order valence-electron chi connectivity index (χ3n) is 5.33. The zero-order chi connectivity index (χ0) is 20.0. The van der Waals surface area contributed by atoms with Crippen LogP contribution in [-0.2, 0) is 11.2 Å². The maximum absolute atomic E-state index is 12.6. The van der Waals surface area contributed by atoms with E-state index in [-0.39, 0.29) is 5.82 Å². The van der Waals surface area contributed by atoms with Gasteiger partial charge in [-0.1, -0.05) is 17.7 Å². The van der Waals surface area contributed by atoms with Crippen LogP contribution in [0.2, 0.25) is 5.15 Å². The first-order valence-corrected chi connectivity index (χ1v) is 9.89. The monoisotopic (exact) mass is 408 g/mol. The topological polar surface area (TPSA) is 90.3 Å². The molecule has 0 unspecified atom stereocenters. The van der Waals surface area contributed by atoms with E-state index in [0.717, 1.165) is 50.8 Å². The molecule has 0 bridgehead atoms. The molecule has 8 heteroatoms. The minimum Gasteiger partial charge on any atom is -0.385 e. The molecule has 4 rings (SSSR count). The Bertz CT molecular complexity index is 680. The smallest absolute Gasteiger partial charge is 0.141 e. The molecule has 6 nitrogen and oxygen atoms in total. The third kappa shape index (κ3) is 5.24. The van der Waals surface area contributed by atoms with Crippen LogP contribution >= 0.6 is 11.6 Å². The highest BCUT2D eigenvalue weighted by atomic mass is 35.5. The lowest BCUT2D eigenvalue weighted by atomic mass is 9.86. The molecule has 0 radical (unpaired) electrons. The Labute approximate surface area is 169 Å². The first-order chi connectivity index (χ1) is 13.4. The minimum absolute atomic E-state index is 0.369. The van der Waals surface area contributed by atoms with Gasteiger partial charge in [-0.3, -0.25) is 4.98 Å². The highest BCUT2D eigenvalue weighted by Crippen LogP contribution is 2.30. The summed E-state index contributed by atoms with van der Waals surface area (Å²) in [6.07, 6.45) is 5.53. The summed E-state index contributed by atoms with van der Waals surface area (Å²) in [6.45, 7) is 3.24. The molecule has 4 heterocycles. The van der Waals surface area contributed by atoms with Crippen LogP contribution in [0.15, 0.2) is 36.7 Å². The molecule has 2 aromatic heterocycles. The number of rotatable bonds is 2. The maximum Gasteiger partial charge on any atom is 0.141 e. The van der Waals surface area contributed by atoms with Gasteiger partial charge in [-0.05, 0) is 70.1 Å². The number of nitrogens with zero attached hydrogens (tertiary/aromatic N) is 2. The summed E-state index contributed by atoms with van der Waals surface area (Å²) in [4.78, 5) is 7.91. The van der Waals surface area contributed by atoms with Crippen molar-refractivity contribution in [3.63, 3.8) is 0 Å². The third-order valence-corrected chi connectivity index (χ3v) is 5.55. The fourth-order valence-corrected chi connectivity index (χ4v) is 3.64. The number of pyridine rings is 2. The van der Waals surface area contributed by atoms with Gasteiger partial charge in [0.25, 0.3) is 0 Å². The summed E-state index contributed by atoms with van der Waals surface area (Å²) in [6, 6.07) is 6.46. The molecule has 2 saturated heterocycles. The van der Waals surface area contributed by atoms with Crippen molar-refractivity contribution < 1.29 is 14.6 Å². The molecule has 4 N–H and O–H groups in total. The van der Waals surface area contributed by atoms with Crippen molar-refractivity contribution in [2.75, 3.05) is 26.2 Å². The molecular weight excluding hydrogens is 383 g/mol. The molecule has 2 fully saturated rings. The van der Waals surface area contributed by atoms with Crippen molar-refractivity contribution in [3.8, 4) is 0 Å². The number of aliphatic hydroxyl groups is 2. The van der Waals surface area contributed by atoms with E-state index in [1.165, 1.54) is 6.07 Å². The molecule has 0 aliphatic carbocycles. The molecule has 0 amide bonds. The Morgan fingerprint density at radius 2 is 1.43 bits per heavy atom. The minimum atomic E-state index is -0.876. The quantitative estimate of drug-likeness (QED) is 0.569. The van der Waals surface area contributed by atoms with Crippen LogP contribution in [0.1, 0.15) is 36.9 Å². The summed E-state index contributed by atoms with van der Waals surface area (Å²) < 4.78 is 12.6. The van der Waals surface area contributed by atoms with E-state index in [1.54, 1.807) is 18.3 Å². The lowest BCUT2D eigenvalue weighted by molar-refractivity contribution is 0.00175. The van der Waals surface area contributed by atoms with E-state index < -0.39 is 11.2 Å². The van der Waals surface area contributed by atoms with E-state index >= 15 is 0 Å². The molecular formula is C20H26ClFN4O2. The van der Waals surface area contributed by atoms with Crippen molar-refractivity contribution in [3.05, 3.63) is 58.9 Å². The number of hydrogen-bond donors (Lipinski definition) is 4. The number of nitrogens with one attached hydrogen (secondary N) is 2. The lowest BCUT2D eigenvalue weighted by Crippen LogP contribution is -2.40. The average Bonchev–Trinajstić information content (AvgIpc) is 2.70. The van der Waals surface area contributed by atoms with Gasteiger partial charge < -0.3 is 20.8 Å². The number of halogens is 2. The summed E-state index contributed by atoms with van der Waals surface area (Å²) in [5, 5.41) is 27.4. The zero-order valence-corrected chi connectivity index (χ0v) is 16.4. The van der Waals surface area contributed by atoms with Crippen LogP contribution in [0, 0.1) is 5.82 Å². The van der Waals surface area contributed by atoms with Crippen molar-refractivity contribution in [1.29, 1.82) is 0 Å². The molecule has 0 spiro atoms. The Balaban J connectivity index is 0.000000161. The van der Waals surface area contributed by atoms with E-state index in [9.17, 15) is 14.6 Å². The fraction of sp³-hybridized carbons (Fsp3) is 0.500. The van der Waals surface area contributed by atoms with Gasteiger partial charge in [-0.25, -0.2) is 9.37 Å². The van der Waals surface area contributed by atoms with Crippen molar-refractivity contribution in [2.24, 2.45) is 0 Å². The second-order valence-corrected chi connectivity index (χ2v) is 7.68. The molecule has 2 aromatic rings. The number of hydrogen-bond acceptors (Lipinski definition) is 6. The summed E-state index contributed by atoms with van der Waals surface area (Å²) >= 11 is 5.69.